The summed E-state index contributed by atoms with van der Waals surface area (Å²) in [5.74, 6) is -1.59. The van der Waals surface area contributed by atoms with Crippen LogP contribution in [0.25, 0.3) is 10.8 Å². The topological polar surface area (TPSA) is 50.2 Å². The summed E-state index contributed by atoms with van der Waals surface area (Å²) in [5.41, 5.74) is 0.0644. The number of aromatic carboxylic acids is 1. The summed E-state index contributed by atoms with van der Waals surface area (Å²) in [4.78, 5) is 14.4. The zero-order valence-corrected chi connectivity index (χ0v) is 7.07. The molecule has 1 aromatic carbocycles. The lowest BCUT2D eigenvalue weighted by Gasteiger charge is -2.01. The summed E-state index contributed by atoms with van der Waals surface area (Å²) in [6.07, 6.45) is 2.41. The molecule has 0 unspecified atom stereocenters. The van der Waals surface area contributed by atoms with E-state index in [4.69, 9.17) is 5.11 Å². The summed E-state index contributed by atoms with van der Waals surface area (Å²) in [6.45, 7) is 0. The molecule has 0 atom stereocenters. The lowest BCUT2D eigenvalue weighted by atomic mass is 10.1. The number of hydrogen-bond donors (Lipinski definition) is 1. The Bertz CT molecular complexity index is 510. The molecule has 0 fully saturated rings. The Morgan fingerprint density at radius 1 is 1.29 bits per heavy atom. The Kier molecular flexibility index (Phi) is 1.89. The minimum absolute atomic E-state index is 0.0644. The molecular formula is C10H6FNO2. The van der Waals surface area contributed by atoms with E-state index in [1.807, 2.05) is 0 Å². The molecule has 4 heteroatoms. The fraction of sp³-hybridized carbons (Fsp3) is 0. The number of halogens is 1. The van der Waals surface area contributed by atoms with Gasteiger partial charge in [-0.3, -0.25) is 4.98 Å². The maximum absolute atomic E-state index is 13.2. The summed E-state index contributed by atoms with van der Waals surface area (Å²) >= 11 is 0. The van der Waals surface area contributed by atoms with Crippen LogP contribution in [0.1, 0.15) is 10.4 Å². The summed E-state index contributed by atoms with van der Waals surface area (Å²) in [6, 6.07) is 4.46. The number of rotatable bonds is 1. The second-order valence-corrected chi connectivity index (χ2v) is 2.83. The third kappa shape index (κ3) is 1.21. The molecule has 0 bridgehead atoms. The van der Waals surface area contributed by atoms with Crippen molar-refractivity contribution in [2.24, 2.45) is 0 Å². The third-order valence-corrected chi connectivity index (χ3v) is 1.99. The van der Waals surface area contributed by atoms with Gasteiger partial charge in [-0.1, -0.05) is 12.1 Å². The first-order valence-electron chi connectivity index (χ1n) is 3.95. The van der Waals surface area contributed by atoms with Crippen LogP contribution in [0.2, 0.25) is 0 Å². The highest BCUT2D eigenvalue weighted by molar-refractivity contribution is 6.03. The van der Waals surface area contributed by atoms with Crippen LogP contribution in [-0.2, 0) is 0 Å². The predicted molar refractivity (Wildman–Crippen MR) is 48.7 cm³/mol. The van der Waals surface area contributed by atoms with E-state index in [2.05, 4.69) is 4.98 Å². The van der Waals surface area contributed by atoms with Gasteiger partial charge < -0.3 is 5.11 Å². The first kappa shape index (κ1) is 8.62. The zero-order valence-electron chi connectivity index (χ0n) is 7.07. The average Bonchev–Trinajstić information content (AvgIpc) is 2.17. The largest absolute Gasteiger partial charge is 0.478 e. The van der Waals surface area contributed by atoms with Crippen LogP contribution in [0.15, 0.2) is 30.6 Å². The van der Waals surface area contributed by atoms with Crippen molar-refractivity contribution in [3.05, 3.63) is 42.0 Å². The van der Waals surface area contributed by atoms with Gasteiger partial charge in [0.1, 0.15) is 5.82 Å². The first-order valence-corrected chi connectivity index (χ1v) is 3.95. The zero-order chi connectivity index (χ0) is 10.1. The summed E-state index contributed by atoms with van der Waals surface area (Å²) in [7, 11) is 0. The van der Waals surface area contributed by atoms with Crippen molar-refractivity contribution in [2.45, 2.75) is 0 Å². The van der Waals surface area contributed by atoms with Gasteiger partial charge in [-0.2, -0.15) is 0 Å². The Labute approximate surface area is 78.8 Å². The molecule has 0 aliphatic carbocycles. The van der Waals surface area contributed by atoms with Crippen molar-refractivity contribution in [1.82, 2.24) is 4.98 Å². The summed E-state index contributed by atoms with van der Waals surface area (Å²) in [5, 5.41) is 9.42. The number of nitrogens with zero attached hydrogens (tertiary/aromatic N) is 1. The standard InChI is InChI=1S/C10H6FNO2/c11-9-5-12-4-8-6(9)2-1-3-7(8)10(13)14/h1-5H,(H,13,14). The van der Waals surface area contributed by atoms with Crippen LogP contribution in [-0.4, -0.2) is 16.1 Å². The van der Waals surface area contributed by atoms with Gasteiger partial charge in [0.2, 0.25) is 0 Å². The quantitative estimate of drug-likeness (QED) is 0.750. The SMILES string of the molecule is O=C(O)c1cccc2c(F)cncc12. The number of aromatic nitrogens is 1. The average molecular weight is 191 g/mol. The van der Waals surface area contributed by atoms with Gasteiger partial charge in [0.15, 0.2) is 0 Å². The minimum atomic E-state index is -1.08. The van der Waals surface area contributed by atoms with Crippen LogP contribution in [0.3, 0.4) is 0 Å². The summed E-state index contributed by atoms with van der Waals surface area (Å²) < 4.78 is 13.2. The fourth-order valence-electron chi connectivity index (χ4n) is 1.35. The van der Waals surface area contributed by atoms with Gasteiger partial charge in [-0.05, 0) is 6.07 Å². The van der Waals surface area contributed by atoms with Gasteiger partial charge in [0.25, 0.3) is 0 Å². The van der Waals surface area contributed by atoms with E-state index in [-0.39, 0.29) is 10.9 Å². The van der Waals surface area contributed by atoms with E-state index < -0.39 is 11.8 Å². The Morgan fingerprint density at radius 3 is 2.79 bits per heavy atom. The highest BCUT2D eigenvalue weighted by atomic mass is 19.1. The van der Waals surface area contributed by atoms with E-state index in [1.165, 1.54) is 24.4 Å². The van der Waals surface area contributed by atoms with Crippen LogP contribution in [0.5, 0.6) is 0 Å². The number of hydrogen-bond acceptors (Lipinski definition) is 2. The van der Waals surface area contributed by atoms with Crippen molar-refractivity contribution >= 4 is 16.7 Å². The molecule has 0 aliphatic heterocycles. The number of pyridine rings is 1. The number of carboxylic acid groups (broad SMARTS) is 1. The highest BCUT2D eigenvalue weighted by Crippen LogP contribution is 2.19. The lowest BCUT2D eigenvalue weighted by molar-refractivity contribution is 0.0699. The Balaban J connectivity index is 2.88. The van der Waals surface area contributed by atoms with Crippen molar-refractivity contribution < 1.29 is 14.3 Å². The van der Waals surface area contributed by atoms with Gasteiger partial charge >= 0.3 is 5.97 Å². The van der Waals surface area contributed by atoms with Gasteiger partial charge in [0, 0.05) is 17.0 Å². The van der Waals surface area contributed by atoms with Crippen molar-refractivity contribution in [1.29, 1.82) is 0 Å². The van der Waals surface area contributed by atoms with E-state index in [1.54, 1.807) is 0 Å². The Morgan fingerprint density at radius 2 is 2.07 bits per heavy atom. The molecule has 0 saturated carbocycles. The molecule has 3 nitrogen and oxygen atoms in total. The molecule has 14 heavy (non-hydrogen) atoms. The number of fused-ring (bicyclic) bond motifs is 1. The predicted octanol–water partition coefficient (Wildman–Crippen LogP) is 2.07. The van der Waals surface area contributed by atoms with Crippen LogP contribution in [0, 0.1) is 5.82 Å². The third-order valence-electron chi connectivity index (χ3n) is 1.99. The van der Waals surface area contributed by atoms with E-state index in [0.29, 0.717) is 5.39 Å². The van der Waals surface area contributed by atoms with Crippen LogP contribution < -0.4 is 0 Å². The fourth-order valence-corrected chi connectivity index (χ4v) is 1.35. The second-order valence-electron chi connectivity index (χ2n) is 2.83. The molecule has 0 aliphatic rings. The first-order chi connectivity index (χ1) is 6.70. The van der Waals surface area contributed by atoms with E-state index >= 15 is 0 Å². The monoisotopic (exact) mass is 191 g/mol. The Hall–Kier alpha value is -1.97. The lowest BCUT2D eigenvalue weighted by Crippen LogP contribution is -1.98. The maximum atomic E-state index is 13.2. The molecule has 2 rings (SSSR count). The molecule has 1 N–H and O–H groups in total. The van der Waals surface area contributed by atoms with Crippen molar-refractivity contribution in [3.63, 3.8) is 0 Å². The smallest absolute Gasteiger partial charge is 0.336 e. The van der Waals surface area contributed by atoms with Gasteiger partial charge in [-0.15, -0.1) is 0 Å². The molecule has 0 spiro atoms. The molecule has 0 radical (unpaired) electrons. The second kappa shape index (κ2) is 3.06. The number of carboxylic acids is 1. The minimum Gasteiger partial charge on any atom is -0.478 e. The molecule has 70 valence electrons. The van der Waals surface area contributed by atoms with E-state index in [0.717, 1.165) is 6.20 Å². The molecule has 1 aromatic heterocycles. The molecule has 0 amide bonds. The van der Waals surface area contributed by atoms with E-state index in [9.17, 15) is 9.18 Å². The molecule has 0 saturated heterocycles. The van der Waals surface area contributed by atoms with Gasteiger partial charge in [-0.25, -0.2) is 9.18 Å². The van der Waals surface area contributed by atoms with Crippen molar-refractivity contribution in [3.8, 4) is 0 Å². The highest BCUT2D eigenvalue weighted by Gasteiger charge is 2.09. The normalized spacial score (nSPS) is 10.4. The van der Waals surface area contributed by atoms with Gasteiger partial charge in [0.05, 0.1) is 11.8 Å². The molecular weight excluding hydrogens is 185 g/mol. The number of carbonyl (C=O) groups is 1. The number of benzene rings is 1. The van der Waals surface area contributed by atoms with Crippen LogP contribution >= 0.6 is 0 Å². The van der Waals surface area contributed by atoms with Crippen LogP contribution in [0.4, 0.5) is 4.39 Å². The molecule has 2 aromatic rings. The molecule has 1 heterocycles. The maximum Gasteiger partial charge on any atom is 0.336 e. The van der Waals surface area contributed by atoms with Crippen molar-refractivity contribution in [2.75, 3.05) is 0 Å².